The van der Waals surface area contributed by atoms with Crippen LogP contribution in [0.4, 0.5) is 0 Å². The summed E-state index contributed by atoms with van der Waals surface area (Å²) in [5, 5.41) is 0. The van der Waals surface area contributed by atoms with Crippen molar-refractivity contribution in [3.05, 3.63) is 72.9 Å². The van der Waals surface area contributed by atoms with Gasteiger partial charge in [-0.2, -0.15) is 0 Å². The fourth-order valence-corrected chi connectivity index (χ4v) is 8.71. The van der Waals surface area contributed by atoms with Gasteiger partial charge in [0.05, 0.1) is 0 Å². The van der Waals surface area contributed by atoms with Gasteiger partial charge in [0.25, 0.3) is 0 Å². The minimum absolute atomic E-state index is 0.102. The van der Waals surface area contributed by atoms with E-state index >= 15 is 0 Å². The smallest absolute Gasteiger partial charge is 0.306 e. The summed E-state index contributed by atoms with van der Waals surface area (Å²) in [7, 11) is 0. The Labute approximate surface area is 440 Å². The molecule has 6 heteroatoms. The van der Waals surface area contributed by atoms with Crippen LogP contribution in [0.25, 0.3) is 0 Å². The standard InChI is InChI=1S/C65H114O6/c1-4-7-10-13-16-19-22-25-27-29-31-32-33-35-36-38-40-43-46-49-52-55-58-64(67)70-61-62(60-69-63(66)57-54-51-48-45-42-24-21-18-15-12-9-6-3)71-65(68)59-56-53-50-47-44-41-39-37-34-30-28-26-23-20-17-14-11-8-5-2/h8,11,17,20,26,28,34,37,41,44,50,53,62H,4-7,9-10,12-16,18-19,21-25,27,29-33,35-36,38-40,42-43,45-49,51-52,54-61H2,1-3H3/b11-8-,20-17-,28-26-,37-34-,44-41-,53-50-. The maximum Gasteiger partial charge on any atom is 0.306 e. The molecule has 0 rings (SSSR count). The van der Waals surface area contributed by atoms with Crippen molar-refractivity contribution in [2.75, 3.05) is 13.2 Å². The molecular formula is C65H114O6. The fourth-order valence-electron chi connectivity index (χ4n) is 8.71. The maximum atomic E-state index is 12.8. The molecule has 0 heterocycles. The summed E-state index contributed by atoms with van der Waals surface area (Å²) in [6.45, 7) is 6.50. The Morgan fingerprint density at radius 2 is 0.549 bits per heavy atom. The van der Waals surface area contributed by atoms with E-state index in [1.807, 2.05) is 6.08 Å². The van der Waals surface area contributed by atoms with Crippen molar-refractivity contribution in [1.82, 2.24) is 0 Å². The zero-order valence-electron chi connectivity index (χ0n) is 47.0. The average Bonchev–Trinajstić information content (AvgIpc) is 3.37. The maximum absolute atomic E-state index is 12.8. The highest BCUT2D eigenvalue weighted by Gasteiger charge is 2.19. The van der Waals surface area contributed by atoms with E-state index in [9.17, 15) is 14.4 Å². The Balaban J connectivity index is 4.38. The molecule has 0 aromatic carbocycles. The largest absolute Gasteiger partial charge is 0.462 e. The van der Waals surface area contributed by atoms with Crippen molar-refractivity contribution < 1.29 is 28.6 Å². The average molecular weight is 992 g/mol. The van der Waals surface area contributed by atoms with Crippen LogP contribution in [0.2, 0.25) is 0 Å². The predicted octanol–water partition coefficient (Wildman–Crippen LogP) is 20.5. The third-order valence-corrected chi connectivity index (χ3v) is 13.2. The van der Waals surface area contributed by atoms with Crippen LogP contribution in [0.5, 0.6) is 0 Å². The molecule has 1 atom stereocenters. The van der Waals surface area contributed by atoms with E-state index in [1.54, 1.807) is 0 Å². The lowest BCUT2D eigenvalue weighted by atomic mass is 10.0. The van der Waals surface area contributed by atoms with Crippen LogP contribution in [0.3, 0.4) is 0 Å². The van der Waals surface area contributed by atoms with Crippen molar-refractivity contribution >= 4 is 17.9 Å². The van der Waals surface area contributed by atoms with Crippen molar-refractivity contribution in [2.45, 2.75) is 309 Å². The van der Waals surface area contributed by atoms with Gasteiger partial charge in [-0.05, 0) is 57.8 Å². The fraction of sp³-hybridized carbons (Fsp3) is 0.769. The number of unbranched alkanes of at least 4 members (excludes halogenated alkanes) is 32. The summed E-state index contributed by atoms with van der Waals surface area (Å²) < 4.78 is 16.8. The molecule has 6 nitrogen and oxygen atoms in total. The highest BCUT2D eigenvalue weighted by atomic mass is 16.6. The van der Waals surface area contributed by atoms with E-state index in [2.05, 4.69) is 87.6 Å². The van der Waals surface area contributed by atoms with Crippen LogP contribution in [0, 0.1) is 0 Å². The Morgan fingerprint density at radius 3 is 0.831 bits per heavy atom. The molecule has 0 N–H and O–H groups in total. The lowest BCUT2D eigenvalue weighted by Gasteiger charge is -2.18. The Bertz CT molecular complexity index is 1320. The summed E-state index contributed by atoms with van der Waals surface area (Å²) in [4.78, 5) is 38.2. The number of ether oxygens (including phenoxy) is 3. The molecule has 0 aliphatic carbocycles. The van der Waals surface area contributed by atoms with E-state index in [1.165, 1.54) is 180 Å². The third-order valence-electron chi connectivity index (χ3n) is 13.2. The van der Waals surface area contributed by atoms with Crippen LogP contribution in [0.15, 0.2) is 72.9 Å². The molecule has 0 spiro atoms. The lowest BCUT2D eigenvalue weighted by Crippen LogP contribution is -2.30. The highest BCUT2D eigenvalue weighted by molar-refractivity contribution is 5.71. The molecule has 410 valence electrons. The quantitative estimate of drug-likeness (QED) is 0.0261. The van der Waals surface area contributed by atoms with Crippen molar-refractivity contribution in [1.29, 1.82) is 0 Å². The SMILES string of the molecule is CC/C=C\C/C=C\C/C=C\C/C=C\C/C=C\C/C=C\CCC(=O)OC(COC(=O)CCCCCCCCCCCCCC)COC(=O)CCCCCCCCCCCCCCCCCCCCCCCC. The second-order valence-corrected chi connectivity index (χ2v) is 20.2. The number of hydrogen-bond donors (Lipinski definition) is 0. The van der Waals surface area contributed by atoms with Gasteiger partial charge in [-0.25, -0.2) is 0 Å². The number of esters is 3. The summed E-state index contributed by atoms with van der Waals surface area (Å²) in [5.74, 6) is -0.973. The predicted molar refractivity (Wildman–Crippen MR) is 307 cm³/mol. The molecule has 0 aromatic heterocycles. The monoisotopic (exact) mass is 991 g/mol. The van der Waals surface area contributed by atoms with E-state index < -0.39 is 6.10 Å². The summed E-state index contributed by atoms with van der Waals surface area (Å²) >= 11 is 0. The van der Waals surface area contributed by atoms with Crippen molar-refractivity contribution in [3.63, 3.8) is 0 Å². The van der Waals surface area contributed by atoms with Gasteiger partial charge in [-0.15, -0.1) is 0 Å². The number of hydrogen-bond acceptors (Lipinski definition) is 6. The first kappa shape index (κ1) is 67.8. The number of allylic oxidation sites excluding steroid dienone is 12. The number of carbonyl (C=O) groups excluding carboxylic acids is 3. The molecule has 0 aliphatic rings. The lowest BCUT2D eigenvalue weighted by molar-refractivity contribution is -0.166. The number of carbonyl (C=O) groups is 3. The van der Waals surface area contributed by atoms with E-state index in [-0.39, 0.29) is 37.5 Å². The molecule has 0 bridgehead atoms. The van der Waals surface area contributed by atoms with Crippen LogP contribution < -0.4 is 0 Å². The van der Waals surface area contributed by atoms with E-state index in [0.717, 1.165) is 77.0 Å². The van der Waals surface area contributed by atoms with Gasteiger partial charge < -0.3 is 14.2 Å². The first-order valence-electron chi connectivity index (χ1n) is 30.4. The molecule has 0 fully saturated rings. The van der Waals surface area contributed by atoms with Crippen molar-refractivity contribution in [2.24, 2.45) is 0 Å². The zero-order chi connectivity index (χ0) is 51.4. The molecule has 0 aliphatic heterocycles. The molecule has 0 radical (unpaired) electrons. The van der Waals surface area contributed by atoms with Crippen LogP contribution >= 0.6 is 0 Å². The Kier molecular flexibility index (Phi) is 56.8. The van der Waals surface area contributed by atoms with Gasteiger partial charge in [0.1, 0.15) is 13.2 Å². The van der Waals surface area contributed by atoms with Gasteiger partial charge in [-0.1, -0.05) is 299 Å². The molecular weight excluding hydrogens is 877 g/mol. The van der Waals surface area contributed by atoms with Gasteiger partial charge in [0.15, 0.2) is 6.10 Å². The van der Waals surface area contributed by atoms with Gasteiger partial charge in [0.2, 0.25) is 0 Å². The van der Waals surface area contributed by atoms with Crippen LogP contribution in [-0.4, -0.2) is 37.2 Å². The molecule has 0 aromatic rings. The summed E-state index contributed by atoms with van der Waals surface area (Å²) in [5.41, 5.74) is 0. The zero-order valence-corrected chi connectivity index (χ0v) is 47.0. The minimum Gasteiger partial charge on any atom is -0.462 e. The Morgan fingerprint density at radius 1 is 0.296 bits per heavy atom. The second-order valence-electron chi connectivity index (χ2n) is 20.2. The van der Waals surface area contributed by atoms with Gasteiger partial charge in [0, 0.05) is 19.3 Å². The summed E-state index contributed by atoms with van der Waals surface area (Å²) in [6.07, 6.45) is 76.3. The van der Waals surface area contributed by atoms with E-state index in [0.29, 0.717) is 19.3 Å². The van der Waals surface area contributed by atoms with E-state index in [4.69, 9.17) is 14.2 Å². The first-order valence-corrected chi connectivity index (χ1v) is 30.4. The molecule has 0 amide bonds. The Hall–Kier alpha value is -3.15. The number of rotatable bonds is 55. The highest BCUT2D eigenvalue weighted by Crippen LogP contribution is 2.17. The second kappa shape index (κ2) is 59.4. The van der Waals surface area contributed by atoms with Crippen LogP contribution in [-0.2, 0) is 28.6 Å². The third kappa shape index (κ3) is 57.6. The molecule has 0 saturated carbocycles. The van der Waals surface area contributed by atoms with Gasteiger partial charge >= 0.3 is 17.9 Å². The molecule has 1 unspecified atom stereocenters. The first-order chi connectivity index (χ1) is 35.0. The van der Waals surface area contributed by atoms with Crippen LogP contribution in [0.1, 0.15) is 303 Å². The summed E-state index contributed by atoms with van der Waals surface area (Å²) in [6, 6.07) is 0. The van der Waals surface area contributed by atoms with Crippen molar-refractivity contribution in [3.8, 4) is 0 Å². The normalized spacial score (nSPS) is 12.5. The minimum atomic E-state index is -0.813. The molecule has 71 heavy (non-hydrogen) atoms. The topological polar surface area (TPSA) is 78.9 Å². The van der Waals surface area contributed by atoms with Gasteiger partial charge in [-0.3, -0.25) is 14.4 Å². The molecule has 0 saturated heterocycles.